The van der Waals surface area contributed by atoms with Crippen LogP contribution in [-0.2, 0) is 6.54 Å². The van der Waals surface area contributed by atoms with Crippen LogP contribution in [-0.4, -0.2) is 15.9 Å². The first-order valence-electron chi connectivity index (χ1n) is 5.26. The number of nitrogens with zero attached hydrogens (tertiary/aromatic N) is 2. The largest absolute Gasteiger partial charge is 0.347 e. The number of hydrogen-bond donors (Lipinski definition) is 1. The lowest BCUT2D eigenvalue weighted by molar-refractivity contribution is 0.0945. The third-order valence-corrected chi connectivity index (χ3v) is 2.75. The van der Waals surface area contributed by atoms with Crippen LogP contribution in [0.25, 0.3) is 0 Å². The Hall–Kier alpha value is -1.72. The second kappa shape index (κ2) is 5.95. The van der Waals surface area contributed by atoms with E-state index in [2.05, 4.69) is 15.3 Å². The number of halogens is 3. The zero-order valence-corrected chi connectivity index (χ0v) is 11.0. The maximum Gasteiger partial charge on any atom is 0.271 e. The fourth-order valence-corrected chi connectivity index (χ4v) is 1.72. The number of hydrogen-bond acceptors (Lipinski definition) is 3. The van der Waals surface area contributed by atoms with E-state index in [-0.39, 0.29) is 22.4 Å². The Morgan fingerprint density at radius 1 is 1.32 bits per heavy atom. The van der Waals surface area contributed by atoms with Gasteiger partial charge >= 0.3 is 0 Å². The Balaban J connectivity index is 2.02. The molecule has 0 aliphatic carbocycles. The summed E-state index contributed by atoms with van der Waals surface area (Å²) in [5, 5.41) is 2.75. The predicted molar refractivity (Wildman–Crippen MR) is 69.6 cm³/mol. The van der Waals surface area contributed by atoms with Gasteiger partial charge in [-0.3, -0.25) is 9.78 Å². The van der Waals surface area contributed by atoms with Gasteiger partial charge in [-0.2, -0.15) is 0 Å². The number of carbonyl (C=O) groups excluding carboxylic acids is 1. The lowest BCUT2D eigenvalue weighted by atomic mass is 10.2. The van der Waals surface area contributed by atoms with E-state index in [9.17, 15) is 9.18 Å². The molecule has 2 rings (SSSR count). The van der Waals surface area contributed by atoms with Gasteiger partial charge in [0.25, 0.3) is 5.91 Å². The smallest absolute Gasteiger partial charge is 0.271 e. The van der Waals surface area contributed by atoms with Crippen LogP contribution >= 0.6 is 23.2 Å². The fourth-order valence-electron chi connectivity index (χ4n) is 1.37. The average Bonchev–Trinajstić information content (AvgIpc) is 2.40. The van der Waals surface area contributed by atoms with Crippen LogP contribution in [0.5, 0.6) is 0 Å². The van der Waals surface area contributed by atoms with E-state index < -0.39 is 11.7 Å². The summed E-state index contributed by atoms with van der Waals surface area (Å²) in [5.41, 5.74) is 0.787. The second-order valence-electron chi connectivity index (χ2n) is 3.66. The van der Waals surface area contributed by atoms with Gasteiger partial charge in [-0.25, -0.2) is 9.37 Å². The summed E-state index contributed by atoms with van der Waals surface area (Å²) >= 11 is 11.3. The van der Waals surface area contributed by atoms with E-state index in [0.29, 0.717) is 5.56 Å². The minimum absolute atomic E-state index is 0.00861. The van der Waals surface area contributed by atoms with Crippen LogP contribution in [0.2, 0.25) is 10.2 Å². The first kappa shape index (κ1) is 13.7. The van der Waals surface area contributed by atoms with Crippen molar-refractivity contribution in [1.82, 2.24) is 15.3 Å². The minimum atomic E-state index is -0.502. The molecule has 1 amide bonds. The number of aromatic nitrogens is 2. The van der Waals surface area contributed by atoms with Crippen molar-refractivity contribution in [2.24, 2.45) is 0 Å². The molecule has 0 unspecified atom stereocenters. The van der Waals surface area contributed by atoms with Gasteiger partial charge in [-0.15, -0.1) is 0 Å². The number of rotatable bonds is 3. The number of benzene rings is 1. The van der Waals surface area contributed by atoms with Crippen LogP contribution in [0.4, 0.5) is 4.39 Å². The van der Waals surface area contributed by atoms with E-state index in [1.165, 1.54) is 30.6 Å². The molecule has 2 aromatic rings. The highest BCUT2D eigenvalue weighted by atomic mass is 35.5. The molecule has 0 spiro atoms. The molecule has 0 bridgehead atoms. The van der Waals surface area contributed by atoms with Crippen LogP contribution in [0.1, 0.15) is 16.1 Å². The number of nitrogens with one attached hydrogen (secondary N) is 1. The Morgan fingerprint density at radius 3 is 2.79 bits per heavy atom. The highest BCUT2D eigenvalue weighted by molar-refractivity contribution is 6.30. The van der Waals surface area contributed by atoms with Crippen molar-refractivity contribution in [3.05, 3.63) is 57.8 Å². The van der Waals surface area contributed by atoms with Crippen molar-refractivity contribution >= 4 is 29.1 Å². The molecule has 1 N–H and O–H groups in total. The Bertz CT molecular complexity index is 622. The van der Waals surface area contributed by atoms with Crippen molar-refractivity contribution in [2.75, 3.05) is 0 Å². The molecule has 1 aromatic heterocycles. The molecule has 4 nitrogen and oxygen atoms in total. The summed E-state index contributed by atoms with van der Waals surface area (Å²) in [6, 6.07) is 4.22. The van der Waals surface area contributed by atoms with E-state index in [0.717, 1.165) is 0 Å². The molecule has 0 aliphatic heterocycles. The summed E-state index contributed by atoms with van der Waals surface area (Å²) in [4.78, 5) is 19.3. The SMILES string of the molecule is O=C(NCc1ccc(F)c(Cl)c1)c1cncc(Cl)n1. The van der Waals surface area contributed by atoms with Crippen LogP contribution < -0.4 is 5.32 Å². The molecule has 1 heterocycles. The molecule has 1 aromatic carbocycles. The van der Waals surface area contributed by atoms with Crippen LogP contribution in [0, 0.1) is 5.82 Å². The van der Waals surface area contributed by atoms with Gasteiger partial charge in [-0.05, 0) is 17.7 Å². The zero-order chi connectivity index (χ0) is 13.8. The molecular formula is C12H8Cl2FN3O. The first-order chi connectivity index (χ1) is 9.06. The molecule has 98 valence electrons. The molecule has 0 saturated carbocycles. The van der Waals surface area contributed by atoms with Gasteiger partial charge in [0.1, 0.15) is 16.7 Å². The molecular weight excluding hydrogens is 292 g/mol. The molecule has 0 atom stereocenters. The second-order valence-corrected chi connectivity index (χ2v) is 4.45. The average molecular weight is 300 g/mol. The van der Waals surface area contributed by atoms with Crippen molar-refractivity contribution in [1.29, 1.82) is 0 Å². The van der Waals surface area contributed by atoms with Crippen molar-refractivity contribution in [3.63, 3.8) is 0 Å². The van der Waals surface area contributed by atoms with Gasteiger partial charge in [0.05, 0.1) is 17.4 Å². The lowest BCUT2D eigenvalue weighted by Gasteiger charge is -2.05. The van der Waals surface area contributed by atoms with E-state index >= 15 is 0 Å². The summed E-state index contributed by atoms with van der Waals surface area (Å²) in [7, 11) is 0. The lowest BCUT2D eigenvalue weighted by Crippen LogP contribution is -2.24. The van der Waals surface area contributed by atoms with E-state index in [1.807, 2.05) is 0 Å². The van der Waals surface area contributed by atoms with E-state index in [4.69, 9.17) is 23.2 Å². The van der Waals surface area contributed by atoms with Crippen molar-refractivity contribution < 1.29 is 9.18 Å². The van der Waals surface area contributed by atoms with Crippen molar-refractivity contribution in [2.45, 2.75) is 6.54 Å². The predicted octanol–water partition coefficient (Wildman–Crippen LogP) is 2.85. The topological polar surface area (TPSA) is 54.9 Å². The summed E-state index contributed by atoms with van der Waals surface area (Å²) in [6.07, 6.45) is 2.64. The maximum atomic E-state index is 13.0. The van der Waals surface area contributed by atoms with Gasteiger partial charge in [0.2, 0.25) is 0 Å². The van der Waals surface area contributed by atoms with Gasteiger partial charge < -0.3 is 5.32 Å². The van der Waals surface area contributed by atoms with Gasteiger partial charge in [0.15, 0.2) is 0 Å². The fraction of sp³-hybridized carbons (Fsp3) is 0.0833. The van der Waals surface area contributed by atoms with Crippen LogP contribution in [0.15, 0.2) is 30.6 Å². The molecule has 0 radical (unpaired) electrons. The number of carbonyl (C=O) groups is 1. The summed E-state index contributed by atoms with van der Waals surface area (Å²) in [5.74, 6) is -0.923. The maximum absolute atomic E-state index is 13.0. The van der Waals surface area contributed by atoms with Gasteiger partial charge in [0, 0.05) is 6.54 Å². The third-order valence-electron chi connectivity index (χ3n) is 2.27. The van der Waals surface area contributed by atoms with Crippen molar-refractivity contribution in [3.8, 4) is 0 Å². The molecule has 0 aliphatic rings. The monoisotopic (exact) mass is 299 g/mol. The quantitative estimate of drug-likeness (QED) is 0.948. The summed E-state index contributed by atoms with van der Waals surface area (Å²) < 4.78 is 13.0. The Labute approximate surface area is 118 Å². The van der Waals surface area contributed by atoms with Crippen LogP contribution in [0.3, 0.4) is 0 Å². The molecule has 0 saturated heterocycles. The highest BCUT2D eigenvalue weighted by Gasteiger charge is 2.08. The number of amides is 1. The standard InChI is InChI=1S/C12H8Cl2FN3O/c13-8-3-7(1-2-9(8)15)4-17-12(19)10-5-16-6-11(14)18-10/h1-3,5-6H,4H2,(H,17,19). The zero-order valence-electron chi connectivity index (χ0n) is 9.53. The normalized spacial score (nSPS) is 10.3. The Morgan fingerprint density at radius 2 is 2.11 bits per heavy atom. The highest BCUT2D eigenvalue weighted by Crippen LogP contribution is 2.15. The van der Waals surface area contributed by atoms with Gasteiger partial charge in [-0.1, -0.05) is 29.3 Å². The third kappa shape index (κ3) is 3.62. The summed E-state index contributed by atoms with van der Waals surface area (Å²) in [6.45, 7) is 0.201. The molecule has 0 fully saturated rings. The molecule has 7 heteroatoms. The molecule has 19 heavy (non-hydrogen) atoms. The van der Waals surface area contributed by atoms with E-state index in [1.54, 1.807) is 0 Å². The first-order valence-corrected chi connectivity index (χ1v) is 6.01. The Kier molecular flexibility index (Phi) is 4.29. The minimum Gasteiger partial charge on any atom is -0.347 e.